The largest absolute Gasteiger partial charge is 0.495 e. The molecule has 3 aromatic rings. The third-order valence-electron chi connectivity index (χ3n) is 3.46. The molecule has 7 heteroatoms. The van der Waals surface area contributed by atoms with Gasteiger partial charge < -0.3 is 10.1 Å². The number of aromatic nitrogens is 3. The minimum absolute atomic E-state index is 0.497. The molecule has 0 bridgehead atoms. The van der Waals surface area contributed by atoms with Crippen LogP contribution in [0.15, 0.2) is 24.5 Å². The van der Waals surface area contributed by atoms with Crippen molar-refractivity contribution in [1.82, 2.24) is 14.6 Å². The molecule has 0 saturated carbocycles. The van der Waals surface area contributed by atoms with E-state index in [1.165, 1.54) is 6.33 Å². The summed E-state index contributed by atoms with van der Waals surface area (Å²) in [6.07, 6.45) is 1.49. The standard InChI is InChI=1S/C15H14Cl2N4O/c1-8-4-5-11(22-3)12(17)13(8)20-14-10(16)6-9(2)21-15(14)18-7-19-21/h4-7,20H,1-3H3. The van der Waals surface area contributed by atoms with Crippen LogP contribution >= 0.6 is 23.2 Å². The Bertz CT molecular complexity index is 860. The van der Waals surface area contributed by atoms with Gasteiger partial charge in [0.2, 0.25) is 0 Å². The normalized spacial score (nSPS) is 11.0. The Hall–Kier alpha value is -1.98. The van der Waals surface area contributed by atoms with Crippen molar-refractivity contribution in [3.05, 3.63) is 45.8 Å². The number of aryl methyl sites for hydroxylation is 2. The molecule has 0 atom stereocenters. The van der Waals surface area contributed by atoms with Crippen molar-refractivity contribution < 1.29 is 4.74 Å². The Morgan fingerprint density at radius 3 is 2.68 bits per heavy atom. The van der Waals surface area contributed by atoms with Crippen molar-refractivity contribution in [3.8, 4) is 5.75 Å². The van der Waals surface area contributed by atoms with E-state index in [2.05, 4.69) is 15.4 Å². The molecule has 0 radical (unpaired) electrons. The number of halogens is 2. The molecule has 0 saturated heterocycles. The number of rotatable bonds is 3. The first-order valence-electron chi connectivity index (χ1n) is 6.62. The molecule has 3 rings (SSSR count). The van der Waals surface area contributed by atoms with Crippen molar-refractivity contribution in [3.63, 3.8) is 0 Å². The van der Waals surface area contributed by atoms with E-state index in [-0.39, 0.29) is 0 Å². The summed E-state index contributed by atoms with van der Waals surface area (Å²) in [4.78, 5) is 4.27. The van der Waals surface area contributed by atoms with Gasteiger partial charge in [0.1, 0.15) is 22.8 Å². The number of fused-ring (bicyclic) bond motifs is 1. The molecular formula is C15H14Cl2N4O. The minimum atomic E-state index is 0.497. The molecule has 0 amide bonds. The monoisotopic (exact) mass is 336 g/mol. The zero-order valence-corrected chi connectivity index (χ0v) is 13.8. The molecule has 1 aromatic carbocycles. The van der Waals surface area contributed by atoms with Gasteiger partial charge in [0.15, 0.2) is 5.65 Å². The molecule has 1 N–H and O–H groups in total. The zero-order chi connectivity index (χ0) is 15.9. The van der Waals surface area contributed by atoms with Gasteiger partial charge in [-0.25, -0.2) is 9.50 Å². The van der Waals surface area contributed by atoms with Gasteiger partial charge in [-0.15, -0.1) is 0 Å². The molecule has 5 nitrogen and oxygen atoms in total. The Kier molecular flexibility index (Phi) is 3.85. The molecule has 2 heterocycles. The predicted octanol–water partition coefficient (Wildman–Crippen LogP) is 4.41. The maximum atomic E-state index is 6.40. The molecular weight excluding hydrogens is 323 g/mol. The van der Waals surface area contributed by atoms with Crippen molar-refractivity contribution in [2.45, 2.75) is 13.8 Å². The number of anilines is 2. The van der Waals surface area contributed by atoms with Crippen LogP contribution in [0, 0.1) is 13.8 Å². The summed E-state index contributed by atoms with van der Waals surface area (Å²) in [6.45, 7) is 3.87. The lowest BCUT2D eigenvalue weighted by Gasteiger charge is -2.16. The van der Waals surface area contributed by atoms with Crippen LogP contribution in [0.25, 0.3) is 5.65 Å². The Balaban J connectivity index is 2.17. The van der Waals surface area contributed by atoms with Gasteiger partial charge in [-0.05, 0) is 31.5 Å². The Morgan fingerprint density at radius 1 is 1.18 bits per heavy atom. The van der Waals surface area contributed by atoms with Crippen LogP contribution < -0.4 is 10.1 Å². The van der Waals surface area contributed by atoms with Gasteiger partial charge in [-0.1, -0.05) is 29.3 Å². The van der Waals surface area contributed by atoms with E-state index in [9.17, 15) is 0 Å². The van der Waals surface area contributed by atoms with Crippen LogP contribution in [0.4, 0.5) is 11.4 Å². The lowest BCUT2D eigenvalue weighted by Crippen LogP contribution is -2.02. The summed E-state index contributed by atoms with van der Waals surface area (Å²) in [5.41, 5.74) is 3.90. The first-order valence-corrected chi connectivity index (χ1v) is 7.37. The van der Waals surface area contributed by atoms with Gasteiger partial charge >= 0.3 is 0 Å². The third kappa shape index (κ3) is 2.36. The molecule has 114 valence electrons. The highest BCUT2D eigenvalue weighted by molar-refractivity contribution is 6.36. The van der Waals surface area contributed by atoms with Gasteiger partial charge in [0.25, 0.3) is 0 Å². The lowest BCUT2D eigenvalue weighted by molar-refractivity contribution is 0.415. The van der Waals surface area contributed by atoms with Gasteiger partial charge in [0.05, 0.1) is 17.8 Å². The van der Waals surface area contributed by atoms with Crippen LogP contribution in [0.1, 0.15) is 11.3 Å². The predicted molar refractivity (Wildman–Crippen MR) is 88.8 cm³/mol. The first-order chi connectivity index (χ1) is 10.5. The van der Waals surface area contributed by atoms with Crippen LogP contribution in [-0.4, -0.2) is 21.7 Å². The summed E-state index contributed by atoms with van der Waals surface area (Å²) in [5, 5.41) is 8.51. The van der Waals surface area contributed by atoms with Crippen molar-refractivity contribution in [1.29, 1.82) is 0 Å². The number of benzene rings is 1. The second-order valence-corrected chi connectivity index (χ2v) is 5.69. The van der Waals surface area contributed by atoms with Gasteiger partial charge in [-0.2, -0.15) is 5.10 Å². The number of pyridine rings is 1. The fourth-order valence-electron chi connectivity index (χ4n) is 2.30. The Labute approximate surface area is 137 Å². The third-order valence-corrected chi connectivity index (χ3v) is 4.14. The molecule has 0 spiro atoms. The van der Waals surface area contributed by atoms with Crippen LogP contribution in [-0.2, 0) is 0 Å². The highest BCUT2D eigenvalue weighted by Gasteiger charge is 2.16. The van der Waals surface area contributed by atoms with E-state index in [0.717, 1.165) is 16.9 Å². The van der Waals surface area contributed by atoms with E-state index >= 15 is 0 Å². The highest BCUT2D eigenvalue weighted by Crippen LogP contribution is 2.39. The number of ether oxygens (including phenoxy) is 1. The van der Waals surface area contributed by atoms with Crippen LogP contribution in [0.5, 0.6) is 5.75 Å². The van der Waals surface area contributed by atoms with Gasteiger partial charge in [0, 0.05) is 5.69 Å². The molecule has 0 fully saturated rings. The quantitative estimate of drug-likeness (QED) is 0.769. The molecule has 0 aliphatic heterocycles. The number of nitrogens with one attached hydrogen (secondary N) is 1. The van der Waals surface area contributed by atoms with Crippen molar-refractivity contribution in [2.24, 2.45) is 0 Å². The summed E-state index contributed by atoms with van der Waals surface area (Å²) in [7, 11) is 1.58. The number of methoxy groups -OCH3 is 1. The minimum Gasteiger partial charge on any atom is -0.495 e. The van der Waals surface area contributed by atoms with Crippen LogP contribution in [0.3, 0.4) is 0 Å². The summed E-state index contributed by atoms with van der Waals surface area (Å²) < 4.78 is 6.98. The summed E-state index contributed by atoms with van der Waals surface area (Å²) in [6, 6.07) is 5.58. The second-order valence-electron chi connectivity index (χ2n) is 4.90. The number of hydrogen-bond donors (Lipinski definition) is 1. The number of nitrogens with zero attached hydrogens (tertiary/aromatic N) is 3. The fraction of sp³-hybridized carbons (Fsp3) is 0.200. The Morgan fingerprint density at radius 2 is 1.95 bits per heavy atom. The zero-order valence-electron chi connectivity index (χ0n) is 12.3. The van der Waals surface area contributed by atoms with Crippen LogP contribution in [0.2, 0.25) is 10.0 Å². The smallest absolute Gasteiger partial charge is 0.180 e. The van der Waals surface area contributed by atoms with Crippen molar-refractivity contribution >= 4 is 40.2 Å². The maximum absolute atomic E-state index is 6.40. The molecule has 0 aliphatic rings. The topological polar surface area (TPSA) is 51.5 Å². The lowest BCUT2D eigenvalue weighted by atomic mass is 10.2. The van der Waals surface area contributed by atoms with E-state index in [4.69, 9.17) is 27.9 Å². The van der Waals surface area contributed by atoms with E-state index in [0.29, 0.717) is 27.1 Å². The average molecular weight is 337 g/mol. The van der Waals surface area contributed by atoms with E-state index in [1.807, 2.05) is 32.0 Å². The average Bonchev–Trinajstić information content (AvgIpc) is 2.96. The van der Waals surface area contributed by atoms with Gasteiger partial charge in [-0.3, -0.25) is 0 Å². The van der Waals surface area contributed by atoms with E-state index in [1.54, 1.807) is 11.6 Å². The van der Waals surface area contributed by atoms with E-state index < -0.39 is 0 Å². The fourth-order valence-corrected chi connectivity index (χ4v) is 2.92. The molecule has 2 aromatic heterocycles. The molecule has 0 aliphatic carbocycles. The summed E-state index contributed by atoms with van der Waals surface area (Å²) in [5.74, 6) is 0.593. The highest BCUT2D eigenvalue weighted by atomic mass is 35.5. The number of hydrogen-bond acceptors (Lipinski definition) is 4. The SMILES string of the molecule is COc1ccc(C)c(Nc2c(Cl)cc(C)n3ncnc23)c1Cl. The summed E-state index contributed by atoms with van der Waals surface area (Å²) >= 11 is 12.8. The first kappa shape index (κ1) is 14.9. The second kappa shape index (κ2) is 5.66. The molecule has 0 unspecified atom stereocenters. The van der Waals surface area contributed by atoms with Crippen molar-refractivity contribution in [2.75, 3.05) is 12.4 Å². The maximum Gasteiger partial charge on any atom is 0.180 e. The molecule has 22 heavy (non-hydrogen) atoms.